The lowest BCUT2D eigenvalue weighted by Crippen LogP contribution is -2.46. The van der Waals surface area contributed by atoms with E-state index in [1.807, 2.05) is 0 Å². The maximum absolute atomic E-state index is 5.32. The second-order valence-electron chi connectivity index (χ2n) is 4.70. The molecule has 0 radical (unpaired) electrons. The summed E-state index contributed by atoms with van der Waals surface area (Å²) < 4.78 is 5.32. The normalized spacial score (nSPS) is 13.6. The van der Waals surface area contributed by atoms with Crippen LogP contribution in [0.3, 0.4) is 0 Å². The van der Waals surface area contributed by atoms with Gasteiger partial charge in [0, 0.05) is 19.7 Å². The van der Waals surface area contributed by atoms with Crippen LogP contribution in [-0.4, -0.2) is 76.4 Å². The van der Waals surface area contributed by atoms with Crippen molar-refractivity contribution in [2.45, 2.75) is 26.3 Å². The minimum Gasteiger partial charge on any atom is -0.383 e. The smallest absolute Gasteiger partial charge is 0.0630 e. The largest absolute Gasteiger partial charge is 0.383 e. The maximum Gasteiger partial charge on any atom is 0.0630 e. The molecule has 4 nitrogen and oxygen atoms in total. The lowest BCUT2D eigenvalue weighted by atomic mass is 10.2. The fourth-order valence-corrected chi connectivity index (χ4v) is 1.99. The van der Waals surface area contributed by atoms with Gasteiger partial charge in [-0.3, -0.25) is 4.90 Å². The summed E-state index contributed by atoms with van der Waals surface area (Å²) in [6.45, 7) is 10.6. The summed E-state index contributed by atoms with van der Waals surface area (Å²) in [7, 11) is 6.04. The van der Waals surface area contributed by atoms with Crippen LogP contribution in [0.4, 0.5) is 0 Å². The van der Waals surface area contributed by atoms with Gasteiger partial charge in [-0.25, -0.2) is 0 Å². The first kappa shape index (κ1) is 16.8. The Labute approximate surface area is 107 Å². The van der Waals surface area contributed by atoms with Crippen LogP contribution in [0.25, 0.3) is 0 Å². The third-order valence-electron chi connectivity index (χ3n) is 2.96. The minimum atomic E-state index is 0.493. The average Bonchev–Trinajstić information content (AvgIpc) is 2.30. The van der Waals surface area contributed by atoms with Crippen LogP contribution in [0.2, 0.25) is 0 Å². The average molecular weight is 245 g/mol. The molecule has 0 aliphatic carbocycles. The molecule has 0 aliphatic rings. The molecule has 1 atom stereocenters. The van der Waals surface area contributed by atoms with E-state index in [1.165, 1.54) is 6.42 Å². The van der Waals surface area contributed by atoms with E-state index in [-0.39, 0.29) is 0 Å². The third kappa shape index (κ3) is 8.55. The van der Waals surface area contributed by atoms with E-state index in [0.29, 0.717) is 6.04 Å². The molecule has 0 aliphatic heterocycles. The summed E-state index contributed by atoms with van der Waals surface area (Å²) in [6.07, 6.45) is 1.22. The van der Waals surface area contributed by atoms with E-state index < -0.39 is 0 Å². The fraction of sp³-hybridized carbons (Fsp3) is 1.00. The number of rotatable bonds is 11. The maximum atomic E-state index is 5.32. The first-order valence-electron chi connectivity index (χ1n) is 6.74. The van der Waals surface area contributed by atoms with Gasteiger partial charge in [-0.05, 0) is 46.7 Å². The first-order valence-corrected chi connectivity index (χ1v) is 6.74. The molecule has 0 aromatic heterocycles. The highest BCUT2D eigenvalue weighted by molar-refractivity contribution is 4.73. The van der Waals surface area contributed by atoms with E-state index in [9.17, 15) is 0 Å². The highest BCUT2D eigenvalue weighted by Crippen LogP contribution is 2.01. The van der Waals surface area contributed by atoms with Gasteiger partial charge in [0.15, 0.2) is 0 Å². The number of methoxy groups -OCH3 is 1. The molecular formula is C13H31N3O. The van der Waals surface area contributed by atoms with Crippen LogP contribution in [-0.2, 0) is 4.74 Å². The zero-order valence-electron chi connectivity index (χ0n) is 12.3. The van der Waals surface area contributed by atoms with Crippen LogP contribution < -0.4 is 5.32 Å². The Balaban J connectivity index is 4.04. The number of nitrogens with one attached hydrogen (secondary N) is 1. The van der Waals surface area contributed by atoms with Crippen molar-refractivity contribution in [2.24, 2.45) is 0 Å². The topological polar surface area (TPSA) is 27.7 Å². The van der Waals surface area contributed by atoms with Crippen LogP contribution >= 0.6 is 0 Å². The van der Waals surface area contributed by atoms with Crippen LogP contribution in [0.5, 0.6) is 0 Å². The van der Waals surface area contributed by atoms with Crippen LogP contribution in [0.1, 0.15) is 20.3 Å². The van der Waals surface area contributed by atoms with Crippen molar-refractivity contribution in [1.82, 2.24) is 15.1 Å². The van der Waals surface area contributed by atoms with E-state index in [1.54, 1.807) is 7.11 Å². The zero-order chi connectivity index (χ0) is 13.1. The molecule has 104 valence electrons. The van der Waals surface area contributed by atoms with Gasteiger partial charge in [-0.2, -0.15) is 0 Å². The van der Waals surface area contributed by atoms with Gasteiger partial charge in [-0.1, -0.05) is 13.8 Å². The molecular weight excluding hydrogens is 214 g/mol. The monoisotopic (exact) mass is 245 g/mol. The molecule has 0 aromatic carbocycles. The van der Waals surface area contributed by atoms with E-state index in [4.69, 9.17) is 4.74 Å². The predicted molar refractivity (Wildman–Crippen MR) is 74.6 cm³/mol. The molecule has 0 rings (SSSR count). The molecule has 0 fully saturated rings. The number of hydrogen-bond acceptors (Lipinski definition) is 4. The summed E-state index contributed by atoms with van der Waals surface area (Å²) in [5.74, 6) is 0. The summed E-state index contributed by atoms with van der Waals surface area (Å²) in [6, 6.07) is 0.493. The molecule has 0 saturated carbocycles. The third-order valence-corrected chi connectivity index (χ3v) is 2.96. The molecule has 4 heteroatoms. The lowest BCUT2D eigenvalue weighted by Gasteiger charge is -2.30. The van der Waals surface area contributed by atoms with Crippen molar-refractivity contribution in [1.29, 1.82) is 0 Å². The second kappa shape index (κ2) is 11.0. The highest BCUT2D eigenvalue weighted by Gasteiger charge is 2.15. The van der Waals surface area contributed by atoms with Crippen molar-refractivity contribution in [3.8, 4) is 0 Å². The molecule has 0 saturated heterocycles. The second-order valence-corrected chi connectivity index (χ2v) is 4.70. The summed E-state index contributed by atoms with van der Waals surface area (Å²) in [5, 5.41) is 3.42. The van der Waals surface area contributed by atoms with Gasteiger partial charge in [0.25, 0.3) is 0 Å². The predicted octanol–water partition coefficient (Wildman–Crippen LogP) is 0.885. The van der Waals surface area contributed by atoms with Gasteiger partial charge >= 0.3 is 0 Å². The van der Waals surface area contributed by atoms with Gasteiger partial charge in [-0.15, -0.1) is 0 Å². The molecule has 17 heavy (non-hydrogen) atoms. The summed E-state index contributed by atoms with van der Waals surface area (Å²) in [4.78, 5) is 4.75. The Morgan fingerprint density at radius 1 is 1.18 bits per heavy atom. The summed E-state index contributed by atoms with van der Waals surface area (Å²) >= 11 is 0. The SMILES string of the molecule is CCNCC(COC)N(CC)CCCN(C)C. The number of nitrogens with zero attached hydrogens (tertiary/aromatic N) is 2. The number of likely N-dealkylation sites (N-methyl/N-ethyl adjacent to an activating group) is 2. The molecule has 1 unspecified atom stereocenters. The molecule has 0 spiro atoms. The van der Waals surface area contributed by atoms with Crippen molar-refractivity contribution < 1.29 is 4.74 Å². The Hall–Kier alpha value is -0.160. The van der Waals surface area contributed by atoms with Crippen molar-refractivity contribution in [3.05, 3.63) is 0 Å². The Morgan fingerprint density at radius 2 is 1.88 bits per heavy atom. The molecule has 1 N–H and O–H groups in total. The van der Waals surface area contributed by atoms with E-state index in [0.717, 1.165) is 39.3 Å². The van der Waals surface area contributed by atoms with Crippen molar-refractivity contribution >= 4 is 0 Å². The quantitative estimate of drug-likeness (QED) is 0.585. The Bertz CT molecular complexity index is 165. The van der Waals surface area contributed by atoms with Gasteiger partial charge in [0.05, 0.1) is 6.61 Å². The summed E-state index contributed by atoms with van der Waals surface area (Å²) in [5.41, 5.74) is 0. The van der Waals surface area contributed by atoms with Crippen LogP contribution in [0.15, 0.2) is 0 Å². The minimum absolute atomic E-state index is 0.493. The van der Waals surface area contributed by atoms with E-state index in [2.05, 4.69) is 43.1 Å². The van der Waals surface area contributed by atoms with Crippen molar-refractivity contribution in [3.63, 3.8) is 0 Å². The molecule has 0 heterocycles. The first-order chi connectivity index (χ1) is 8.15. The van der Waals surface area contributed by atoms with Crippen LogP contribution in [0, 0.1) is 0 Å². The number of hydrogen-bond donors (Lipinski definition) is 1. The highest BCUT2D eigenvalue weighted by atomic mass is 16.5. The van der Waals surface area contributed by atoms with Gasteiger partial charge in [0.2, 0.25) is 0 Å². The standard InChI is InChI=1S/C13H31N3O/c1-6-14-11-13(12-17-5)16(7-2)10-8-9-15(3)4/h13-14H,6-12H2,1-5H3. The Kier molecular flexibility index (Phi) is 10.9. The molecule has 0 amide bonds. The number of ether oxygens (including phenoxy) is 1. The van der Waals surface area contributed by atoms with Gasteiger partial charge in [0.1, 0.15) is 0 Å². The Morgan fingerprint density at radius 3 is 2.35 bits per heavy atom. The van der Waals surface area contributed by atoms with Crippen molar-refractivity contribution in [2.75, 3.05) is 60.5 Å². The fourth-order valence-electron chi connectivity index (χ4n) is 1.99. The zero-order valence-corrected chi connectivity index (χ0v) is 12.3. The lowest BCUT2D eigenvalue weighted by molar-refractivity contribution is 0.0904. The van der Waals surface area contributed by atoms with Gasteiger partial charge < -0.3 is 15.0 Å². The van der Waals surface area contributed by atoms with E-state index >= 15 is 0 Å². The molecule has 0 aromatic rings. The molecule has 0 bridgehead atoms.